The molecule has 2 aromatic rings. The van der Waals surface area contributed by atoms with Crippen LogP contribution in [-0.2, 0) is 14.3 Å². The quantitative estimate of drug-likeness (QED) is 0.797. The Bertz CT molecular complexity index is 871. The summed E-state index contributed by atoms with van der Waals surface area (Å²) in [6, 6.07) is 12.4. The molecule has 0 fully saturated rings. The van der Waals surface area contributed by atoms with Gasteiger partial charge in [0.1, 0.15) is 6.10 Å². The van der Waals surface area contributed by atoms with Crippen LogP contribution in [0.4, 0.5) is 5.69 Å². The van der Waals surface area contributed by atoms with Gasteiger partial charge >= 0.3 is 5.97 Å². The Morgan fingerprint density at radius 2 is 1.93 bits per heavy atom. The number of carbonyl (C=O) groups is 2. The summed E-state index contributed by atoms with van der Waals surface area (Å²) in [4.78, 5) is 25.5. The second-order valence-electron chi connectivity index (χ2n) is 6.32. The lowest BCUT2D eigenvalue weighted by Crippen LogP contribution is -2.38. The highest BCUT2D eigenvalue weighted by atomic mass is 35.5. The van der Waals surface area contributed by atoms with Crippen LogP contribution in [0.3, 0.4) is 0 Å². The van der Waals surface area contributed by atoms with E-state index in [-0.39, 0.29) is 18.9 Å². The molecule has 1 heterocycles. The van der Waals surface area contributed by atoms with Crippen molar-refractivity contribution in [3.63, 3.8) is 0 Å². The van der Waals surface area contributed by atoms with Gasteiger partial charge in [-0.3, -0.25) is 9.59 Å². The van der Waals surface area contributed by atoms with Crippen molar-refractivity contribution in [2.75, 3.05) is 11.4 Å². The number of halogens is 2. The number of anilines is 1. The zero-order valence-corrected chi connectivity index (χ0v) is 16.2. The Morgan fingerprint density at radius 1 is 1.19 bits per heavy atom. The van der Waals surface area contributed by atoms with Crippen LogP contribution in [0.2, 0.25) is 10.0 Å². The maximum atomic E-state index is 12.6. The first kappa shape index (κ1) is 19.7. The first-order valence-corrected chi connectivity index (χ1v) is 9.37. The Balaban J connectivity index is 2.18. The molecule has 7 heteroatoms. The van der Waals surface area contributed by atoms with Crippen LogP contribution in [0.15, 0.2) is 42.5 Å². The molecule has 1 aliphatic heterocycles. The Kier molecular flexibility index (Phi) is 6.05. The largest absolute Gasteiger partial charge is 0.481 e. The summed E-state index contributed by atoms with van der Waals surface area (Å²) in [5.74, 6) is -1.11. The maximum absolute atomic E-state index is 12.6. The molecule has 2 atom stereocenters. The van der Waals surface area contributed by atoms with Crippen molar-refractivity contribution >= 4 is 40.8 Å². The van der Waals surface area contributed by atoms with E-state index in [4.69, 9.17) is 27.9 Å². The molecule has 3 rings (SSSR count). The van der Waals surface area contributed by atoms with Crippen LogP contribution in [-0.4, -0.2) is 29.6 Å². The van der Waals surface area contributed by atoms with Gasteiger partial charge in [-0.2, -0.15) is 0 Å². The van der Waals surface area contributed by atoms with Crippen LogP contribution < -0.4 is 4.90 Å². The monoisotopic (exact) mass is 407 g/mol. The molecule has 0 bridgehead atoms. The van der Waals surface area contributed by atoms with Gasteiger partial charge in [-0.25, -0.2) is 0 Å². The number of hydrogen-bond donors (Lipinski definition) is 1. The third-order valence-electron chi connectivity index (χ3n) is 4.47. The number of hydrogen-bond acceptors (Lipinski definition) is 3. The lowest BCUT2D eigenvalue weighted by atomic mass is 9.99. The molecule has 0 radical (unpaired) electrons. The zero-order chi connectivity index (χ0) is 19.6. The standard InChI is InChI=1S/C20H19Cl2NO4/c1-2-18(24)23-11-13(10-19(25)26)27-20(14-5-3-4-6-16(14)22)15-9-12(21)7-8-17(15)23/h3-9,13,20H,2,10-11H2,1H3,(H,25,26). The third kappa shape index (κ3) is 4.26. The van der Waals surface area contributed by atoms with Crippen LogP contribution in [0.25, 0.3) is 0 Å². The van der Waals surface area contributed by atoms with Crippen LogP contribution in [0.1, 0.15) is 37.0 Å². The van der Waals surface area contributed by atoms with Crippen LogP contribution in [0.5, 0.6) is 0 Å². The molecule has 5 nitrogen and oxygen atoms in total. The molecule has 1 aliphatic rings. The highest BCUT2D eigenvalue weighted by Crippen LogP contribution is 2.41. The second-order valence-corrected chi connectivity index (χ2v) is 7.16. The molecule has 2 unspecified atom stereocenters. The fourth-order valence-electron chi connectivity index (χ4n) is 3.25. The van der Waals surface area contributed by atoms with Gasteiger partial charge in [0, 0.05) is 33.3 Å². The van der Waals surface area contributed by atoms with Crippen molar-refractivity contribution in [1.82, 2.24) is 0 Å². The minimum absolute atomic E-state index is 0.114. The molecule has 27 heavy (non-hydrogen) atoms. The SMILES string of the molecule is CCC(=O)N1CC(CC(=O)O)OC(c2ccccc2Cl)c2cc(Cl)ccc21. The Morgan fingerprint density at radius 3 is 2.59 bits per heavy atom. The van der Waals surface area contributed by atoms with E-state index in [1.807, 2.05) is 18.2 Å². The van der Waals surface area contributed by atoms with Gasteiger partial charge in [-0.05, 0) is 24.3 Å². The van der Waals surface area contributed by atoms with Crippen LogP contribution in [0, 0.1) is 0 Å². The van der Waals surface area contributed by atoms with Gasteiger partial charge in [-0.15, -0.1) is 0 Å². The molecule has 0 saturated heterocycles. The average Bonchev–Trinajstić information content (AvgIpc) is 2.78. The number of benzene rings is 2. The molecule has 142 valence electrons. The lowest BCUT2D eigenvalue weighted by Gasteiger charge is -2.24. The molecule has 0 aliphatic carbocycles. The summed E-state index contributed by atoms with van der Waals surface area (Å²) in [6.45, 7) is 1.91. The second kappa shape index (κ2) is 8.30. The van der Waals surface area contributed by atoms with E-state index in [1.165, 1.54) is 0 Å². The van der Waals surface area contributed by atoms with Gasteiger partial charge < -0.3 is 14.7 Å². The number of carboxylic acid groups (broad SMARTS) is 1. The van der Waals surface area contributed by atoms with Crippen molar-refractivity contribution in [3.05, 3.63) is 63.6 Å². The number of nitrogens with zero attached hydrogens (tertiary/aromatic N) is 1. The van der Waals surface area contributed by atoms with Gasteiger partial charge in [0.2, 0.25) is 5.91 Å². The number of aliphatic carboxylic acids is 1. The van der Waals surface area contributed by atoms with Gasteiger partial charge in [0.25, 0.3) is 0 Å². The normalized spacial score (nSPS) is 19.3. The Hall–Kier alpha value is -2.08. The zero-order valence-electron chi connectivity index (χ0n) is 14.7. The summed E-state index contributed by atoms with van der Waals surface area (Å²) < 4.78 is 6.18. The van der Waals surface area contributed by atoms with E-state index in [1.54, 1.807) is 36.1 Å². The molecule has 0 saturated carbocycles. The van der Waals surface area contributed by atoms with Crippen molar-refractivity contribution in [2.24, 2.45) is 0 Å². The average molecular weight is 408 g/mol. The number of rotatable bonds is 4. The van der Waals surface area contributed by atoms with Crippen molar-refractivity contribution in [3.8, 4) is 0 Å². The number of fused-ring (bicyclic) bond motifs is 1. The topological polar surface area (TPSA) is 66.8 Å². The predicted molar refractivity (Wildman–Crippen MR) is 105 cm³/mol. The number of carboxylic acids is 1. The van der Waals surface area contributed by atoms with E-state index in [0.29, 0.717) is 33.3 Å². The highest BCUT2D eigenvalue weighted by molar-refractivity contribution is 6.31. The summed E-state index contributed by atoms with van der Waals surface area (Å²) >= 11 is 12.6. The number of ether oxygens (including phenoxy) is 1. The minimum atomic E-state index is -0.995. The number of carbonyl (C=O) groups excluding carboxylic acids is 1. The van der Waals surface area contributed by atoms with Crippen molar-refractivity contribution in [2.45, 2.75) is 32.0 Å². The van der Waals surface area contributed by atoms with E-state index >= 15 is 0 Å². The lowest BCUT2D eigenvalue weighted by molar-refractivity contribution is -0.141. The summed E-state index contributed by atoms with van der Waals surface area (Å²) in [5, 5.41) is 10.3. The van der Waals surface area contributed by atoms with Crippen molar-refractivity contribution in [1.29, 1.82) is 0 Å². The molecular formula is C20H19Cl2NO4. The highest BCUT2D eigenvalue weighted by Gasteiger charge is 2.34. The summed E-state index contributed by atoms with van der Waals surface area (Å²) in [6.07, 6.45) is -1.26. The van der Waals surface area contributed by atoms with Gasteiger partial charge in [-0.1, -0.05) is 48.3 Å². The van der Waals surface area contributed by atoms with Gasteiger partial charge in [0.15, 0.2) is 0 Å². The molecule has 1 amide bonds. The van der Waals surface area contributed by atoms with E-state index in [0.717, 1.165) is 0 Å². The minimum Gasteiger partial charge on any atom is -0.481 e. The summed E-state index contributed by atoms with van der Waals surface area (Å²) in [7, 11) is 0. The number of amides is 1. The Labute approximate surface area is 167 Å². The molecule has 0 spiro atoms. The van der Waals surface area contributed by atoms with Crippen LogP contribution >= 0.6 is 23.2 Å². The molecule has 2 aromatic carbocycles. The first-order valence-electron chi connectivity index (χ1n) is 8.62. The fraction of sp³-hybridized carbons (Fsp3) is 0.300. The van der Waals surface area contributed by atoms with Crippen molar-refractivity contribution < 1.29 is 19.4 Å². The molecular weight excluding hydrogens is 389 g/mol. The van der Waals surface area contributed by atoms with E-state index < -0.39 is 18.2 Å². The maximum Gasteiger partial charge on any atom is 0.306 e. The predicted octanol–water partition coefficient (Wildman–Crippen LogP) is 4.70. The molecule has 0 aromatic heterocycles. The van der Waals surface area contributed by atoms with E-state index in [2.05, 4.69) is 0 Å². The summed E-state index contributed by atoms with van der Waals surface area (Å²) in [5.41, 5.74) is 2.04. The first-order chi connectivity index (χ1) is 12.9. The van der Waals surface area contributed by atoms with Gasteiger partial charge in [0.05, 0.1) is 19.1 Å². The fourth-order valence-corrected chi connectivity index (χ4v) is 3.67. The smallest absolute Gasteiger partial charge is 0.306 e. The third-order valence-corrected chi connectivity index (χ3v) is 5.05. The van der Waals surface area contributed by atoms with E-state index in [9.17, 15) is 14.7 Å². The molecule has 1 N–H and O–H groups in total.